The van der Waals surface area contributed by atoms with Crippen LogP contribution in [0.5, 0.6) is 11.5 Å². The van der Waals surface area contributed by atoms with Crippen molar-refractivity contribution in [1.82, 2.24) is 10.2 Å². The molecule has 0 aliphatic carbocycles. The second-order valence-electron chi connectivity index (χ2n) is 5.82. The van der Waals surface area contributed by atoms with Crippen LogP contribution in [0.25, 0.3) is 0 Å². The maximum atomic E-state index is 12.2. The number of carbonyl (C=O) groups is 1. The molecule has 4 rings (SSSR count). The molecule has 0 unspecified atom stereocenters. The third-order valence-corrected chi connectivity index (χ3v) is 3.83. The molecule has 2 aromatic carbocycles. The zero-order chi connectivity index (χ0) is 17.9. The highest BCUT2D eigenvalue weighted by molar-refractivity contribution is 6.03. The lowest BCUT2D eigenvalue weighted by atomic mass is 10.1. The summed E-state index contributed by atoms with van der Waals surface area (Å²) < 4.78 is 10.6. The maximum Gasteiger partial charge on any atom is 0.256 e. The van der Waals surface area contributed by atoms with Crippen LogP contribution in [-0.2, 0) is 0 Å². The average molecular weight is 348 g/mol. The van der Waals surface area contributed by atoms with Gasteiger partial charge in [0, 0.05) is 17.3 Å². The Morgan fingerprint density at radius 1 is 0.962 bits per heavy atom. The van der Waals surface area contributed by atoms with Crippen molar-refractivity contribution < 1.29 is 14.3 Å². The van der Waals surface area contributed by atoms with Crippen molar-refractivity contribution in [3.05, 3.63) is 65.7 Å². The first-order valence-corrected chi connectivity index (χ1v) is 8.06. The molecule has 0 spiro atoms. The zero-order valence-electron chi connectivity index (χ0n) is 14.0. The number of nitrogens with one attached hydrogen (secondary N) is 2. The Kier molecular flexibility index (Phi) is 4.10. The lowest BCUT2D eigenvalue weighted by Gasteiger charge is -2.08. The fourth-order valence-corrected chi connectivity index (χ4v) is 2.56. The normalized spacial score (nSPS) is 11.9. The second kappa shape index (κ2) is 6.72. The van der Waals surface area contributed by atoms with Crippen LogP contribution in [0, 0.1) is 6.92 Å². The van der Waals surface area contributed by atoms with Gasteiger partial charge >= 0.3 is 0 Å². The van der Waals surface area contributed by atoms with Gasteiger partial charge in [-0.15, -0.1) is 10.2 Å². The molecule has 7 nitrogen and oxygen atoms in total. The number of hydrogen-bond acceptors (Lipinski definition) is 6. The zero-order valence-corrected chi connectivity index (χ0v) is 14.0. The molecule has 0 atom stereocenters. The van der Waals surface area contributed by atoms with Gasteiger partial charge in [0.15, 0.2) is 23.1 Å². The molecule has 0 bridgehead atoms. The maximum absolute atomic E-state index is 12.2. The third-order valence-electron chi connectivity index (χ3n) is 3.83. The third kappa shape index (κ3) is 3.41. The van der Waals surface area contributed by atoms with E-state index in [1.807, 2.05) is 43.3 Å². The quantitative estimate of drug-likeness (QED) is 0.750. The van der Waals surface area contributed by atoms with E-state index in [-0.39, 0.29) is 12.7 Å². The number of anilines is 3. The number of fused-ring (bicyclic) bond motifs is 1. The van der Waals surface area contributed by atoms with Gasteiger partial charge in [0.25, 0.3) is 5.91 Å². The predicted octanol–water partition coefficient (Wildman–Crippen LogP) is 3.51. The average Bonchev–Trinajstić information content (AvgIpc) is 3.11. The van der Waals surface area contributed by atoms with Crippen molar-refractivity contribution in [2.45, 2.75) is 6.92 Å². The fraction of sp³-hybridized carbons (Fsp3) is 0.105. The van der Waals surface area contributed by atoms with E-state index < -0.39 is 0 Å². The molecule has 1 aliphatic rings. The highest BCUT2D eigenvalue weighted by Gasteiger charge is 2.13. The Morgan fingerprint density at radius 2 is 1.77 bits per heavy atom. The summed E-state index contributed by atoms with van der Waals surface area (Å²) in [5.74, 6) is 2.12. The summed E-state index contributed by atoms with van der Waals surface area (Å²) in [7, 11) is 0. The Morgan fingerprint density at radius 3 is 2.58 bits per heavy atom. The topological polar surface area (TPSA) is 85.4 Å². The minimum Gasteiger partial charge on any atom is -0.454 e. The number of nitrogens with zero attached hydrogens (tertiary/aromatic N) is 2. The lowest BCUT2D eigenvalue weighted by molar-refractivity contribution is 0.102. The van der Waals surface area contributed by atoms with Crippen molar-refractivity contribution in [1.29, 1.82) is 0 Å². The van der Waals surface area contributed by atoms with Gasteiger partial charge in [0.1, 0.15) is 0 Å². The molecule has 1 amide bonds. The van der Waals surface area contributed by atoms with Crippen molar-refractivity contribution in [2.24, 2.45) is 0 Å². The van der Waals surface area contributed by atoms with Gasteiger partial charge in [-0.25, -0.2) is 0 Å². The highest BCUT2D eigenvalue weighted by Crippen LogP contribution is 2.34. The van der Waals surface area contributed by atoms with Gasteiger partial charge in [-0.1, -0.05) is 17.7 Å². The molecule has 0 radical (unpaired) electrons. The summed E-state index contributed by atoms with van der Waals surface area (Å²) in [6, 6.07) is 16.3. The first-order valence-electron chi connectivity index (χ1n) is 8.06. The number of benzene rings is 2. The minimum atomic E-state index is -0.223. The van der Waals surface area contributed by atoms with Crippen molar-refractivity contribution in [3.8, 4) is 11.5 Å². The van der Waals surface area contributed by atoms with Gasteiger partial charge in [0.2, 0.25) is 6.79 Å². The van der Waals surface area contributed by atoms with E-state index in [0.29, 0.717) is 22.9 Å². The minimum absolute atomic E-state index is 0.223. The first kappa shape index (κ1) is 15.9. The summed E-state index contributed by atoms with van der Waals surface area (Å²) in [4.78, 5) is 12.2. The predicted molar refractivity (Wildman–Crippen MR) is 97.0 cm³/mol. The number of amides is 1. The molecule has 1 aliphatic heterocycles. The highest BCUT2D eigenvalue weighted by atomic mass is 16.7. The number of hydrogen-bond donors (Lipinski definition) is 2. The monoisotopic (exact) mass is 348 g/mol. The Balaban J connectivity index is 1.43. The van der Waals surface area contributed by atoms with Crippen LogP contribution < -0.4 is 20.1 Å². The van der Waals surface area contributed by atoms with E-state index in [4.69, 9.17) is 9.47 Å². The van der Waals surface area contributed by atoms with Crippen LogP contribution in [0.15, 0.2) is 54.6 Å². The molecule has 26 heavy (non-hydrogen) atoms. The Labute approximate surface area is 150 Å². The van der Waals surface area contributed by atoms with Gasteiger partial charge in [-0.05, 0) is 43.3 Å². The summed E-state index contributed by atoms with van der Waals surface area (Å²) in [5.41, 5.74) is 2.40. The molecule has 130 valence electrons. The van der Waals surface area contributed by atoms with E-state index in [9.17, 15) is 4.79 Å². The van der Waals surface area contributed by atoms with Crippen LogP contribution in [-0.4, -0.2) is 22.9 Å². The number of ether oxygens (including phenoxy) is 2. The molecule has 1 aromatic heterocycles. The van der Waals surface area contributed by atoms with E-state index in [1.54, 1.807) is 18.2 Å². The van der Waals surface area contributed by atoms with Crippen LogP contribution in [0.3, 0.4) is 0 Å². The van der Waals surface area contributed by atoms with E-state index in [1.165, 1.54) is 0 Å². The molecular weight excluding hydrogens is 332 g/mol. The molecule has 2 heterocycles. The largest absolute Gasteiger partial charge is 0.454 e. The van der Waals surface area contributed by atoms with Gasteiger partial charge < -0.3 is 20.1 Å². The van der Waals surface area contributed by atoms with E-state index in [2.05, 4.69) is 20.8 Å². The number of carbonyl (C=O) groups excluding carboxylic acids is 1. The van der Waals surface area contributed by atoms with Crippen LogP contribution >= 0.6 is 0 Å². The Hall–Kier alpha value is -3.61. The van der Waals surface area contributed by atoms with Gasteiger partial charge in [-0.2, -0.15) is 0 Å². The molecule has 0 saturated carbocycles. The van der Waals surface area contributed by atoms with Crippen molar-refractivity contribution in [3.63, 3.8) is 0 Å². The number of aryl methyl sites for hydroxylation is 1. The summed E-state index contributed by atoms with van der Waals surface area (Å²) in [6.07, 6.45) is 0. The lowest BCUT2D eigenvalue weighted by Crippen LogP contribution is -2.13. The fourth-order valence-electron chi connectivity index (χ4n) is 2.56. The molecular formula is C19H16N4O3. The van der Waals surface area contributed by atoms with E-state index in [0.717, 1.165) is 17.0 Å². The SMILES string of the molecule is Cc1cccc(C(=O)Nc2ccc(Nc3ccc4c(c3)OCO4)nn2)c1. The smallest absolute Gasteiger partial charge is 0.256 e. The molecule has 0 fully saturated rings. The number of aromatic nitrogens is 2. The van der Waals surface area contributed by atoms with Crippen LogP contribution in [0.1, 0.15) is 15.9 Å². The summed E-state index contributed by atoms with van der Waals surface area (Å²) >= 11 is 0. The van der Waals surface area contributed by atoms with Crippen LogP contribution in [0.2, 0.25) is 0 Å². The molecule has 0 saturated heterocycles. The van der Waals surface area contributed by atoms with Gasteiger partial charge in [0.05, 0.1) is 0 Å². The van der Waals surface area contributed by atoms with Crippen molar-refractivity contribution in [2.75, 3.05) is 17.4 Å². The molecule has 3 aromatic rings. The van der Waals surface area contributed by atoms with Gasteiger partial charge in [-0.3, -0.25) is 4.79 Å². The van der Waals surface area contributed by atoms with Crippen LogP contribution in [0.4, 0.5) is 17.3 Å². The molecule has 7 heteroatoms. The van der Waals surface area contributed by atoms with E-state index >= 15 is 0 Å². The summed E-state index contributed by atoms with van der Waals surface area (Å²) in [5, 5.41) is 14.0. The number of rotatable bonds is 4. The standard InChI is InChI=1S/C19H16N4O3/c1-12-3-2-4-13(9-12)19(24)21-18-8-7-17(22-23-18)20-14-5-6-15-16(10-14)26-11-25-15/h2-10H,11H2,1H3,(H,20,22)(H,21,23,24). The Bertz CT molecular complexity index is 957. The molecule has 2 N–H and O–H groups in total. The van der Waals surface area contributed by atoms with Crippen molar-refractivity contribution >= 4 is 23.2 Å². The first-order chi connectivity index (χ1) is 12.7. The second-order valence-corrected chi connectivity index (χ2v) is 5.82. The summed E-state index contributed by atoms with van der Waals surface area (Å²) in [6.45, 7) is 2.17.